The molecule has 0 fully saturated rings. The third-order valence-electron chi connectivity index (χ3n) is 4.46. The van der Waals surface area contributed by atoms with Crippen LogP contribution in [0.25, 0.3) is 4.85 Å². The zero-order valence-electron chi connectivity index (χ0n) is 16.0. The Hall–Kier alpha value is -3.65. The van der Waals surface area contributed by atoms with Crippen LogP contribution in [0.1, 0.15) is 16.7 Å². The van der Waals surface area contributed by atoms with Gasteiger partial charge in [-0.15, -0.1) is 0 Å². The van der Waals surface area contributed by atoms with Crippen molar-refractivity contribution in [2.45, 2.75) is 20.4 Å². The van der Waals surface area contributed by atoms with Crippen molar-refractivity contribution in [1.82, 2.24) is 4.98 Å². The summed E-state index contributed by atoms with van der Waals surface area (Å²) in [6, 6.07) is 17.3. The predicted octanol–water partition coefficient (Wildman–Crippen LogP) is 4.89. The highest BCUT2D eigenvalue weighted by molar-refractivity contribution is 5.94. The monoisotopic (exact) mass is 370 g/mol. The lowest BCUT2D eigenvalue weighted by atomic mass is 10.1. The standard InChI is InChI=1S/C23H22N4O/c1-17-10-11-18(2)22(13-17)27(15-19-7-4-5-9-21(19)24-3)16-23(28)26-20-8-6-12-25-14-20/h4-14H,15-16H2,1-2H3,(H,26,28). The molecule has 0 saturated heterocycles. The molecule has 0 atom stereocenters. The number of nitrogens with one attached hydrogen (secondary N) is 1. The van der Waals surface area contributed by atoms with Crippen LogP contribution < -0.4 is 10.2 Å². The zero-order valence-corrected chi connectivity index (χ0v) is 16.0. The molecule has 5 nitrogen and oxygen atoms in total. The van der Waals surface area contributed by atoms with Crippen molar-refractivity contribution >= 4 is 23.0 Å². The second-order valence-electron chi connectivity index (χ2n) is 6.68. The third-order valence-corrected chi connectivity index (χ3v) is 4.46. The molecule has 1 aromatic heterocycles. The summed E-state index contributed by atoms with van der Waals surface area (Å²) in [4.78, 5) is 22.4. The largest absolute Gasteiger partial charge is 0.359 e. The molecular weight excluding hydrogens is 348 g/mol. The van der Waals surface area contributed by atoms with Crippen LogP contribution in [0.3, 0.4) is 0 Å². The number of aryl methyl sites for hydroxylation is 2. The molecule has 0 aliphatic carbocycles. The second-order valence-corrected chi connectivity index (χ2v) is 6.68. The molecule has 3 aromatic rings. The van der Waals surface area contributed by atoms with Gasteiger partial charge in [-0.05, 0) is 48.7 Å². The van der Waals surface area contributed by atoms with Crippen molar-refractivity contribution in [3.8, 4) is 0 Å². The highest BCUT2D eigenvalue weighted by Crippen LogP contribution is 2.27. The van der Waals surface area contributed by atoms with E-state index in [9.17, 15) is 4.79 Å². The Labute approximate surface area is 165 Å². The average molecular weight is 370 g/mol. The van der Waals surface area contributed by atoms with E-state index in [1.54, 1.807) is 30.6 Å². The van der Waals surface area contributed by atoms with Gasteiger partial charge in [0, 0.05) is 18.4 Å². The smallest absolute Gasteiger partial charge is 0.243 e. The number of carbonyl (C=O) groups excluding carboxylic acids is 1. The van der Waals surface area contributed by atoms with Gasteiger partial charge in [0.1, 0.15) is 0 Å². The van der Waals surface area contributed by atoms with Gasteiger partial charge in [0.15, 0.2) is 5.69 Å². The summed E-state index contributed by atoms with van der Waals surface area (Å²) >= 11 is 0. The minimum atomic E-state index is -0.130. The van der Waals surface area contributed by atoms with Gasteiger partial charge in [-0.1, -0.05) is 36.4 Å². The van der Waals surface area contributed by atoms with Crippen molar-refractivity contribution in [3.63, 3.8) is 0 Å². The van der Waals surface area contributed by atoms with E-state index in [1.807, 2.05) is 36.9 Å². The molecule has 1 amide bonds. The summed E-state index contributed by atoms with van der Waals surface area (Å²) in [6.45, 7) is 12.1. The van der Waals surface area contributed by atoms with Crippen LogP contribution in [0.4, 0.5) is 17.1 Å². The number of aromatic nitrogens is 1. The molecule has 5 heteroatoms. The SMILES string of the molecule is [C-]#[N+]c1ccccc1CN(CC(=O)Nc1cccnc1)c1cc(C)ccc1C. The Bertz CT molecular complexity index is 1010. The maximum Gasteiger partial charge on any atom is 0.243 e. The molecule has 0 aliphatic heterocycles. The van der Waals surface area contributed by atoms with E-state index in [4.69, 9.17) is 6.57 Å². The van der Waals surface area contributed by atoms with Gasteiger partial charge in [0.05, 0.1) is 25.0 Å². The van der Waals surface area contributed by atoms with Crippen molar-refractivity contribution in [2.75, 3.05) is 16.8 Å². The van der Waals surface area contributed by atoms with E-state index in [1.165, 1.54) is 0 Å². The highest BCUT2D eigenvalue weighted by Gasteiger charge is 2.16. The van der Waals surface area contributed by atoms with Crippen LogP contribution in [0, 0.1) is 20.4 Å². The topological polar surface area (TPSA) is 49.6 Å². The number of pyridine rings is 1. The van der Waals surface area contributed by atoms with E-state index < -0.39 is 0 Å². The van der Waals surface area contributed by atoms with E-state index in [2.05, 4.69) is 33.3 Å². The van der Waals surface area contributed by atoms with Crippen molar-refractivity contribution in [2.24, 2.45) is 0 Å². The fourth-order valence-electron chi connectivity index (χ4n) is 3.06. The second kappa shape index (κ2) is 8.83. The predicted molar refractivity (Wildman–Crippen MR) is 113 cm³/mol. The molecular formula is C23H22N4O. The third kappa shape index (κ3) is 4.74. The van der Waals surface area contributed by atoms with Crippen LogP contribution in [0.5, 0.6) is 0 Å². The van der Waals surface area contributed by atoms with Gasteiger partial charge < -0.3 is 10.2 Å². The first-order valence-electron chi connectivity index (χ1n) is 9.04. The van der Waals surface area contributed by atoms with Gasteiger partial charge in [-0.25, -0.2) is 4.85 Å². The number of rotatable bonds is 6. The lowest BCUT2D eigenvalue weighted by Gasteiger charge is -2.27. The minimum Gasteiger partial charge on any atom is -0.359 e. The van der Waals surface area contributed by atoms with Crippen molar-refractivity contribution in [3.05, 3.63) is 95.1 Å². The quantitative estimate of drug-likeness (QED) is 0.628. The molecule has 1 heterocycles. The van der Waals surface area contributed by atoms with Gasteiger partial charge >= 0.3 is 0 Å². The Morgan fingerprint density at radius 2 is 1.96 bits per heavy atom. The summed E-state index contributed by atoms with van der Waals surface area (Å²) < 4.78 is 0. The Kier molecular flexibility index (Phi) is 6.03. The number of anilines is 2. The van der Waals surface area contributed by atoms with Crippen LogP contribution in [0.15, 0.2) is 67.0 Å². The maximum absolute atomic E-state index is 12.7. The van der Waals surface area contributed by atoms with Crippen LogP contribution in [-0.4, -0.2) is 17.4 Å². The van der Waals surface area contributed by atoms with Gasteiger partial charge in [0.25, 0.3) is 0 Å². The number of amides is 1. The van der Waals surface area contributed by atoms with Crippen LogP contribution in [0.2, 0.25) is 0 Å². The fraction of sp³-hybridized carbons (Fsp3) is 0.174. The summed E-state index contributed by atoms with van der Waals surface area (Å²) in [5, 5.41) is 2.89. The summed E-state index contributed by atoms with van der Waals surface area (Å²) in [5.74, 6) is -0.130. The molecule has 3 rings (SSSR count). The number of hydrogen-bond acceptors (Lipinski definition) is 3. The first-order valence-corrected chi connectivity index (χ1v) is 9.04. The van der Waals surface area contributed by atoms with Crippen molar-refractivity contribution < 1.29 is 4.79 Å². The fourth-order valence-corrected chi connectivity index (χ4v) is 3.06. The zero-order chi connectivity index (χ0) is 19.9. The number of carbonyl (C=O) groups is 1. The lowest BCUT2D eigenvalue weighted by molar-refractivity contribution is -0.115. The molecule has 0 radical (unpaired) electrons. The summed E-state index contributed by atoms with van der Waals surface area (Å²) in [7, 11) is 0. The summed E-state index contributed by atoms with van der Waals surface area (Å²) in [6.07, 6.45) is 3.29. The normalized spacial score (nSPS) is 10.2. The molecule has 0 aliphatic rings. The Morgan fingerprint density at radius 3 is 2.71 bits per heavy atom. The summed E-state index contributed by atoms with van der Waals surface area (Å²) in [5.41, 5.74) is 5.35. The van der Waals surface area contributed by atoms with Gasteiger partial charge in [0.2, 0.25) is 5.91 Å². The van der Waals surface area contributed by atoms with Gasteiger partial charge in [-0.2, -0.15) is 0 Å². The lowest BCUT2D eigenvalue weighted by Crippen LogP contribution is -2.33. The molecule has 28 heavy (non-hydrogen) atoms. The molecule has 0 bridgehead atoms. The Morgan fingerprint density at radius 1 is 1.14 bits per heavy atom. The van der Waals surface area contributed by atoms with Crippen molar-refractivity contribution in [1.29, 1.82) is 0 Å². The van der Waals surface area contributed by atoms with Crippen LogP contribution in [-0.2, 0) is 11.3 Å². The van der Waals surface area contributed by atoms with E-state index >= 15 is 0 Å². The van der Waals surface area contributed by atoms with E-state index in [-0.39, 0.29) is 12.5 Å². The van der Waals surface area contributed by atoms with Gasteiger partial charge in [-0.3, -0.25) is 9.78 Å². The maximum atomic E-state index is 12.7. The minimum absolute atomic E-state index is 0.130. The number of hydrogen-bond donors (Lipinski definition) is 1. The number of para-hydroxylation sites is 1. The van der Waals surface area contributed by atoms with E-state index in [0.717, 1.165) is 22.4 Å². The number of benzene rings is 2. The average Bonchev–Trinajstić information content (AvgIpc) is 2.70. The first kappa shape index (κ1) is 19.1. The molecule has 0 spiro atoms. The molecule has 1 N–H and O–H groups in total. The van der Waals surface area contributed by atoms with Crippen LogP contribution >= 0.6 is 0 Å². The first-order chi connectivity index (χ1) is 13.6. The number of nitrogens with zero attached hydrogens (tertiary/aromatic N) is 3. The highest BCUT2D eigenvalue weighted by atomic mass is 16.2. The Balaban J connectivity index is 1.89. The molecule has 0 saturated carbocycles. The molecule has 2 aromatic carbocycles. The van der Waals surface area contributed by atoms with E-state index in [0.29, 0.717) is 17.9 Å². The molecule has 0 unspecified atom stereocenters. The molecule has 140 valence electrons.